The summed E-state index contributed by atoms with van der Waals surface area (Å²) in [5.74, 6) is 0.950. The number of hydrogen-bond acceptors (Lipinski definition) is 8. The second-order valence-corrected chi connectivity index (χ2v) is 18.2. The lowest BCUT2D eigenvalue weighted by Gasteiger charge is -2.73. The maximum Gasteiger partial charge on any atom is 0.309 e. The Labute approximate surface area is 287 Å². The summed E-state index contributed by atoms with van der Waals surface area (Å²) in [5, 5.41) is 45.7. The molecule has 5 aliphatic carbocycles. The van der Waals surface area contributed by atoms with E-state index in [0.29, 0.717) is 17.8 Å². The van der Waals surface area contributed by atoms with Crippen molar-refractivity contribution < 1.29 is 39.6 Å². The van der Waals surface area contributed by atoms with Crippen molar-refractivity contribution in [1.29, 1.82) is 0 Å². The summed E-state index contributed by atoms with van der Waals surface area (Å²) in [6.45, 7) is 18.4. The Kier molecular flexibility index (Phi) is 9.28. The molecule has 6 rings (SSSR count). The Morgan fingerprint density at radius 1 is 0.896 bits per heavy atom. The van der Waals surface area contributed by atoms with E-state index in [4.69, 9.17) is 9.57 Å². The number of carboxylic acids is 1. The van der Waals surface area contributed by atoms with E-state index in [9.17, 15) is 30.0 Å². The van der Waals surface area contributed by atoms with Crippen molar-refractivity contribution >= 4 is 11.9 Å². The number of amides is 1. The normalized spacial score (nSPS) is 49.6. The quantitative estimate of drug-likeness (QED) is 0.194. The molecule has 14 atom stereocenters. The Hall–Kier alpha value is -1.56. The molecule has 0 aromatic carbocycles. The second kappa shape index (κ2) is 12.3. The van der Waals surface area contributed by atoms with Gasteiger partial charge in [0.05, 0.1) is 19.1 Å². The van der Waals surface area contributed by atoms with Crippen LogP contribution < -0.4 is 5.32 Å². The number of hydrogen-bond donors (Lipinski definition) is 5. The average Bonchev–Trinajstić information content (AvgIpc) is 3.42. The minimum absolute atomic E-state index is 0.0386. The van der Waals surface area contributed by atoms with E-state index in [1.165, 1.54) is 12.2 Å². The maximum atomic E-state index is 13.5. The summed E-state index contributed by atoms with van der Waals surface area (Å²) in [5.41, 5.74) is 0.661. The van der Waals surface area contributed by atoms with Gasteiger partial charge in [0.1, 0.15) is 24.9 Å². The summed E-state index contributed by atoms with van der Waals surface area (Å²) in [4.78, 5) is 31.9. The number of fused-ring (bicyclic) bond motifs is 7. The first-order valence-electron chi connectivity index (χ1n) is 18.5. The van der Waals surface area contributed by atoms with Crippen LogP contribution in [0.15, 0.2) is 12.2 Å². The van der Waals surface area contributed by atoms with Crippen LogP contribution in [0.25, 0.3) is 0 Å². The fourth-order valence-corrected chi connectivity index (χ4v) is 13.5. The van der Waals surface area contributed by atoms with Crippen LogP contribution in [0, 0.1) is 56.7 Å². The third-order valence-electron chi connectivity index (χ3n) is 16.2. The minimum atomic E-state index is -1.42. The third kappa shape index (κ3) is 5.08. The standard InChI is InChI=1S/C38H62N2O8/c1-21(2)22-11-16-38(33(45)46)18-17-36(6)23(29(22)38)9-10-26-35(5)14-13-27(34(3,4)25(35)12-15-37(26,36)7)39-28(42)19-40(47-8)32-31(44)30(43)24(41)20-48-32/h22-27,29-32,41,43-44H,1,9-20H2,2-8H3,(H,39,42)(H,45,46)/t22-,23+,24+,25?,26?,27-,29?,30-,31?,32+,35-,36+,37+,38-/m0/s1. The Bertz CT molecular complexity index is 1290. The number of aliphatic hydroxyl groups excluding tert-OH is 3. The van der Waals surface area contributed by atoms with Crippen molar-refractivity contribution in [3.63, 3.8) is 0 Å². The molecule has 0 radical (unpaired) electrons. The van der Waals surface area contributed by atoms with Crippen molar-refractivity contribution in [2.24, 2.45) is 56.7 Å². The molecule has 0 aromatic heterocycles. The molecule has 10 heteroatoms. The molecule has 0 bridgehead atoms. The first kappa shape index (κ1) is 36.2. The smallest absolute Gasteiger partial charge is 0.309 e. The van der Waals surface area contributed by atoms with Crippen LogP contribution in [0.1, 0.15) is 106 Å². The van der Waals surface area contributed by atoms with Crippen LogP contribution in [0.4, 0.5) is 0 Å². The summed E-state index contributed by atoms with van der Waals surface area (Å²) in [6.07, 6.45) is 4.65. The monoisotopic (exact) mass is 674 g/mol. The number of rotatable bonds is 7. The van der Waals surface area contributed by atoms with Crippen molar-refractivity contribution in [2.75, 3.05) is 20.3 Å². The van der Waals surface area contributed by atoms with Gasteiger partial charge in [0.15, 0.2) is 6.23 Å². The molecule has 6 fully saturated rings. The molecule has 10 nitrogen and oxygen atoms in total. The SMILES string of the molecule is C=C(C)[C@@H]1CC[C@]2(C(=O)O)CC[C@]3(C)[C@H](CCC4[C@@]5(C)CC[C@H](NC(=O)CN(OC)[C@@H]6OC[C@@H](O)[C@H](O)C6O)C(C)(C)C5CC[C@]43C)C12. The first-order valence-corrected chi connectivity index (χ1v) is 18.5. The number of carboxylic acid groups (broad SMARTS) is 1. The molecule has 0 spiro atoms. The van der Waals surface area contributed by atoms with Crippen molar-refractivity contribution in [3.05, 3.63) is 12.2 Å². The molecule has 4 unspecified atom stereocenters. The molecule has 1 heterocycles. The molecule has 1 saturated heterocycles. The molecule has 48 heavy (non-hydrogen) atoms. The number of ether oxygens (including phenoxy) is 1. The molecular weight excluding hydrogens is 612 g/mol. The van der Waals surface area contributed by atoms with E-state index in [-0.39, 0.29) is 58.6 Å². The number of hydroxylamine groups is 2. The van der Waals surface area contributed by atoms with Crippen molar-refractivity contribution in [1.82, 2.24) is 10.4 Å². The average molecular weight is 675 g/mol. The fraction of sp³-hybridized carbons (Fsp3) is 0.895. The lowest BCUT2D eigenvalue weighted by atomic mass is 9.32. The zero-order valence-electron chi connectivity index (χ0n) is 30.3. The van der Waals surface area contributed by atoms with Crippen LogP contribution in [0.5, 0.6) is 0 Å². The van der Waals surface area contributed by atoms with Gasteiger partial charge in [-0.15, -0.1) is 5.06 Å². The van der Waals surface area contributed by atoms with Gasteiger partial charge in [-0.05, 0) is 122 Å². The third-order valence-corrected chi connectivity index (χ3v) is 16.2. The Morgan fingerprint density at radius 2 is 1.60 bits per heavy atom. The summed E-state index contributed by atoms with van der Waals surface area (Å²) in [6, 6.07) is -0.0386. The number of nitrogens with zero attached hydrogens (tertiary/aromatic N) is 1. The van der Waals surface area contributed by atoms with E-state index >= 15 is 0 Å². The van der Waals surface area contributed by atoms with E-state index in [2.05, 4.69) is 53.4 Å². The number of carbonyl (C=O) groups is 2. The Balaban J connectivity index is 1.20. The Morgan fingerprint density at radius 3 is 2.25 bits per heavy atom. The number of allylic oxidation sites excluding steroid dienone is 1. The molecule has 6 aliphatic rings. The van der Waals surface area contributed by atoms with Crippen LogP contribution in [0.3, 0.4) is 0 Å². The van der Waals surface area contributed by atoms with Crippen molar-refractivity contribution in [2.45, 2.75) is 136 Å². The topological polar surface area (TPSA) is 149 Å². The molecule has 272 valence electrons. The highest BCUT2D eigenvalue weighted by molar-refractivity contribution is 5.78. The van der Waals surface area contributed by atoms with Gasteiger partial charge >= 0.3 is 5.97 Å². The van der Waals surface area contributed by atoms with Crippen LogP contribution in [0.2, 0.25) is 0 Å². The highest BCUT2D eigenvalue weighted by atomic mass is 16.7. The maximum absolute atomic E-state index is 13.5. The largest absolute Gasteiger partial charge is 0.481 e. The molecule has 1 amide bonds. The van der Waals surface area contributed by atoms with Crippen LogP contribution in [-0.4, -0.2) is 88.2 Å². The predicted molar refractivity (Wildman–Crippen MR) is 180 cm³/mol. The fourth-order valence-electron chi connectivity index (χ4n) is 13.5. The lowest BCUT2D eigenvalue weighted by molar-refractivity contribution is -0.303. The number of aliphatic hydroxyl groups is 3. The summed E-state index contributed by atoms with van der Waals surface area (Å²) >= 11 is 0. The molecule has 5 saturated carbocycles. The predicted octanol–water partition coefficient (Wildman–Crippen LogP) is 4.52. The summed E-state index contributed by atoms with van der Waals surface area (Å²) < 4.78 is 5.53. The minimum Gasteiger partial charge on any atom is -0.481 e. The van der Waals surface area contributed by atoms with Gasteiger partial charge < -0.3 is 30.5 Å². The molecule has 1 aliphatic heterocycles. The zero-order valence-corrected chi connectivity index (χ0v) is 30.3. The number of aliphatic carboxylic acids is 1. The number of nitrogens with one attached hydrogen (secondary N) is 1. The highest BCUT2D eigenvalue weighted by Crippen LogP contribution is 2.77. The van der Waals surface area contributed by atoms with E-state index in [1.54, 1.807) is 0 Å². The van der Waals surface area contributed by atoms with Gasteiger partial charge in [-0.3, -0.25) is 14.4 Å². The molecular formula is C38H62N2O8. The molecule has 0 aromatic rings. The van der Waals surface area contributed by atoms with Gasteiger partial charge in [0.25, 0.3) is 0 Å². The first-order chi connectivity index (χ1) is 22.4. The highest BCUT2D eigenvalue weighted by Gasteiger charge is 2.72. The van der Waals surface area contributed by atoms with Gasteiger partial charge in [0, 0.05) is 6.04 Å². The second-order valence-electron chi connectivity index (χ2n) is 18.2. The zero-order chi connectivity index (χ0) is 35.2. The molecule has 5 N–H and O–H groups in total. The van der Waals surface area contributed by atoms with Crippen LogP contribution in [-0.2, 0) is 19.2 Å². The van der Waals surface area contributed by atoms with Gasteiger partial charge in [-0.1, -0.05) is 46.8 Å². The number of carbonyl (C=O) groups excluding carboxylic acids is 1. The van der Waals surface area contributed by atoms with Gasteiger partial charge in [0.2, 0.25) is 5.91 Å². The van der Waals surface area contributed by atoms with Gasteiger partial charge in [-0.25, -0.2) is 0 Å². The van der Waals surface area contributed by atoms with E-state index in [1.807, 2.05) is 0 Å². The lowest BCUT2D eigenvalue weighted by Crippen LogP contribution is -2.68. The van der Waals surface area contributed by atoms with Gasteiger partial charge in [-0.2, -0.15) is 0 Å². The van der Waals surface area contributed by atoms with Crippen molar-refractivity contribution in [3.8, 4) is 0 Å². The summed E-state index contributed by atoms with van der Waals surface area (Å²) in [7, 11) is 1.39. The van der Waals surface area contributed by atoms with E-state index < -0.39 is 35.9 Å². The van der Waals surface area contributed by atoms with E-state index in [0.717, 1.165) is 69.8 Å². The van der Waals surface area contributed by atoms with Crippen LogP contribution >= 0.6 is 0 Å².